The molecule has 1 aromatic rings. The van der Waals surface area contributed by atoms with E-state index in [1.165, 1.54) is 0 Å². The molecule has 16 heavy (non-hydrogen) atoms. The van der Waals surface area contributed by atoms with Crippen molar-refractivity contribution >= 4 is 23.4 Å². The van der Waals surface area contributed by atoms with Crippen molar-refractivity contribution in [1.82, 2.24) is 0 Å². The summed E-state index contributed by atoms with van der Waals surface area (Å²) >= 11 is 5.83. The molecule has 0 spiro atoms. The molecule has 0 aliphatic rings. The Kier molecular flexibility index (Phi) is 4.62. The van der Waals surface area contributed by atoms with Gasteiger partial charge < -0.3 is 4.74 Å². The maximum atomic E-state index is 11.4. The highest BCUT2D eigenvalue weighted by Gasteiger charge is 2.09. The molecular formula is C12H16ClNO2. The predicted molar refractivity (Wildman–Crippen MR) is 66.0 cm³/mol. The number of aryl methyl sites for hydroxylation is 1. The van der Waals surface area contributed by atoms with Crippen LogP contribution >= 0.6 is 11.6 Å². The monoisotopic (exact) mass is 241 g/mol. The van der Waals surface area contributed by atoms with E-state index in [-0.39, 0.29) is 6.10 Å². The van der Waals surface area contributed by atoms with Crippen LogP contribution in [0.3, 0.4) is 0 Å². The van der Waals surface area contributed by atoms with Crippen molar-refractivity contribution in [2.75, 3.05) is 5.32 Å². The second-order valence-electron chi connectivity index (χ2n) is 3.81. The number of nitrogens with one attached hydrogen (secondary N) is 1. The third-order valence-corrected chi connectivity index (χ3v) is 2.39. The summed E-state index contributed by atoms with van der Waals surface area (Å²) < 4.78 is 5.00. The van der Waals surface area contributed by atoms with Gasteiger partial charge in [0.05, 0.1) is 6.10 Å². The van der Waals surface area contributed by atoms with Crippen molar-refractivity contribution in [3.8, 4) is 0 Å². The summed E-state index contributed by atoms with van der Waals surface area (Å²) in [5.41, 5.74) is 2.68. The van der Waals surface area contributed by atoms with E-state index in [2.05, 4.69) is 5.32 Å². The molecule has 0 bridgehead atoms. The lowest BCUT2D eigenvalue weighted by Gasteiger charge is -2.13. The summed E-state index contributed by atoms with van der Waals surface area (Å²) in [6.07, 6.45) is -0.587. The Morgan fingerprint density at radius 1 is 1.50 bits per heavy atom. The fourth-order valence-corrected chi connectivity index (χ4v) is 1.71. The SMILES string of the molecule is Cc1cccc(NC(=O)OC(C)C)c1CCl. The van der Waals surface area contributed by atoms with Gasteiger partial charge in [0.15, 0.2) is 0 Å². The number of benzene rings is 1. The van der Waals surface area contributed by atoms with Crippen LogP contribution in [0.1, 0.15) is 25.0 Å². The second kappa shape index (κ2) is 5.75. The fourth-order valence-electron chi connectivity index (χ4n) is 1.35. The van der Waals surface area contributed by atoms with E-state index in [1.54, 1.807) is 13.8 Å². The highest BCUT2D eigenvalue weighted by molar-refractivity contribution is 6.17. The number of hydrogen-bond donors (Lipinski definition) is 1. The minimum atomic E-state index is -0.452. The largest absolute Gasteiger partial charge is 0.447 e. The van der Waals surface area contributed by atoms with Crippen LogP contribution in [0.25, 0.3) is 0 Å². The van der Waals surface area contributed by atoms with Crippen molar-refractivity contribution in [1.29, 1.82) is 0 Å². The first-order valence-corrected chi connectivity index (χ1v) is 5.70. The number of rotatable bonds is 3. The smallest absolute Gasteiger partial charge is 0.411 e. The summed E-state index contributed by atoms with van der Waals surface area (Å²) in [6.45, 7) is 5.56. The van der Waals surface area contributed by atoms with Crippen LogP contribution in [0.2, 0.25) is 0 Å². The van der Waals surface area contributed by atoms with Gasteiger partial charge in [-0.25, -0.2) is 4.79 Å². The molecule has 0 atom stereocenters. The molecule has 1 N–H and O–H groups in total. The number of carbonyl (C=O) groups excluding carboxylic acids is 1. The third-order valence-electron chi connectivity index (χ3n) is 2.12. The van der Waals surface area contributed by atoms with Crippen molar-refractivity contribution < 1.29 is 9.53 Å². The van der Waals surface area contributed by atoms with Gasteiger partial charge in [-0.15, -0.1) is 11.6 Å². The molecule has 0 radical (unpaired) electrons. The van der Waals surface area contributed by atoms with Gasteiger partial charge in [-0.1, -0.05) is 12.1 Å². The van der Waals surface area contributed by atoms with E-state index < -0.39 is 6.09 Å². The van der Waals surface area contributed by atoms with Crippen LogP contribution in [0.4, 0.5) is 10.5 Å². The zero-order chi connectivity index (χ0) is 12.1. The predicted octanol–water partition coefficient (Wildman–Crippen LogP) is 3.69. The van der Waals surface area contributed by atoms with E-state index in [4.69, 9.17) is 16.3 Å². The number of anilines is 1. The number of halogens is 1. The third kappa shape index (κ3) is 3.42. The Balaban J connectivity index is 2.81. The molecule has 0 unspecified atom stereocenters. The van der Waals surface area contributed by atoms with E-state index >= 15 is 0 Å². The normalized spacial score (nSPS) is 10.3. The summed E-state index contributed by atoms with van der Waals surface area (Å²) in [5, 5.41) is 2.69. The van der Waals surface area contributed by atoms with E-state index in [1.807, 2.05) is 25.1 Å². The lowest BCUT2D eigenvalue weighted by molar-refractivity contribution is 0.130. The Morgan fingerprint density at radius 3 is 2.75 bits per heavy atom. The van der Waals surface area contributed by atoms with Gasteiger partial charge in [0.2, 0.25) is 0 Å². The summed E-state index contributed by atoms with van der Waals surface area (Å²) in [6, 6.07) is 5.64. The van der Waals surface area contributed by atoms with Crippen molar-refractivity contribution in [2.45, 2.75) is 32.8 Å². The highest BCUT2D eigenvalue weighted by atomic mass is 35.5. The molecule has 0 fully saturated rings. The molecule has 88 valence electrons. The quantitative estimate of drug-likeness (QED) is 0.820. The Hall–Kier alpha value is -1.22. The number of hydrogen-bond acceptors (Lipinski definition) is 2. The molecule has 3 nitrogen and oxygen atoms in total. The molecule has 1 aromatic carbocycles. The van der Waals surface area contributed by atoms with Gasteiger partial charge >= 0.3 is 6.09 Å². The second-order valence-corrected chi connectivity index (χ2v) is 4.08. The van der Waals surface area contributed by atoms with Gasteiger partial charge in [-0.3, -0.25) is 5.32 Å². The van der Waals surface area contributed by atoms with E-state index in [9.17, 15) is 4.79 Å². The average molecular weight is 242 g/mol. The lowest BCUT2D eigenvalue weighted by atomic mass is 10.1. The maximum absolute atomic E-state index is 11.4. The minimum absolute atomic E-state index is 0.135. The Labute approximate surface area is 101 Å². The lowest BCUT2D eigenvalue weighted by Crippen LogP contribution is -2.18. The minimum Gasteiger partial charge on any atom is -0.447 e. The fraction of sp³-hybridized carbons (Fsp3) is 0.417. The average Bonchev–Trinajstić information content (AvgIpc) is 2.16. The van der Waals surface area contributed by atoms with Crippen molar-refractivity contribution in [3.63, 3.8) is 0 Å². The number of ether oxygens (including phenoxy) is 1. The van der Waals surface area contributed by atoms with Gasteiger partial charge in [-0.05, 0) is 38.0 Å². The summed E-state index contributed by atoms with van der Waals surface area (Å²) in [4.78, 5) is 11.4. The van der Waals surface area contributed by atoms with E-state index in [0.717, 1.165) is 11.1 Å². The van der Waals surface area contributed by atoms with Crippen LogP contribution in [0.15, 0.2) is 18.2 Å². The zero-order valence-corrected chi connectivity index (χ0v) is 10.5. The number of alkyl halides is 1. The first-order chi connectivity index (χ1) is 7.54. The molecule has 0 aliphatic heterocycles. The standard InChI is InChI=1S/C12H16ClNO2/c1-8(2)16-12(15)14-11-6-4-5-9(3)10(11)7-13/h4-6,8H,7H2,1-3H3,(H,14,15). The van der Waals surface area contributed by atoms with Crippen LogP contribution in [-0.4, -0.2) is 12.2 Å². The molecule has 1 rings (SSSR count). The molecule has 0 aromatic heterocycles. The van der Waals surface area contributed by atoms with Crippen LogP contribution < -0.4 is 5.32 Å². The summed E-state index contributed by atoms with van der Waals surface area (Å²) in [7, 11) is 0. The first-order valence-electron chi connectivity index (χ1n) is 5.16. The number of carbonyl (C=O) groups is 1. The molecule has 0 aliphatic carbocycles. The first kappa shape index (κ1) is 12.8. The summed E-state index contributed by atoms with van der Waals surface area (Å²) in [5.74, 6) is 0.365. The van der Waals surface area contributed by atoms with Crippen LogP contribution in [0, 0.1) is 6.92 Å². The number of amides is 1. The zero-order valence-electron chi connectivity index (χ0n) is 9.71. The van der Waals surface area contributed by atoms with Crippen molar-refractivity contribution in [2.24, 2.45) is 0 Å². The molecule has 0 saturated heterocycles. The molecule has 1 amide bonds. The maximum Gasteiger partial charge on any atom is 0.411 e. The Bertz CT molecular complexity index is 377. The van der Waals surface area contributed by atoms with Crippen LogP contribution in [-0.2, 0) is 10.6 Å². The van der Waals surface area contributed by atoms with Gasteiger partial charge in [-0.2, -0.15) is 0 Å². The van der Waals surface area contributed by atoms with Gasteiger partial charge in [0, 0.05) is 11.6 Å². The van der Waals surface area contributed by atoms with E-state index in [0.29, 0.717) is 11.6 Å². The van der Waals surface area contributed by atoms with Gasteiger partial charge in [0.25, 0.3) is 0 Å². The highest BCUT2D eigenvalue weighted by Crippen LogP contribution is 2.21. The topological polar surface area (TPSA) is 38.3 Å². The molecular weight excluding hydrogens is 226 g/mol. The molecule has 0 heterocycles. The van der Waals surface area contributed by atoms with Crippen molar-refractivity contribution in [3.05, 3.63) is 29.3 Å². The molecule has 0 saturated carbocycles. The van der Waals surface area contributed by atoms with Crippen LogP contribution in [0.5, 0.6) is 0 Å². The van der Waals surface area contributed by atoms with Gasteiger partial charge in [0.1, 0.15) is 0 Å². The molecule has 4 heteroatoms. The Morgan fingerprint density at radius 2 is 2.19 bits per heavy atom.